The molecule has 98 valence electrons. The van der Waals surface area contributed by atoms with Gasteiger partial charge in [-0.3, -0.25) is 0 Å². The molecule has 0 fully saturated rings. The molecule has 0 aliphatic rings. The SMILES string of the molecule is CN(C)c1ccc(N=Nc2ccc(CCl)cc2)cc1. The van der Waals surface area contributed by atoms with Crippen LogP contribution < -0.4 is 4.90 Å². The van der Waals surface area contributed by atoms with Crippen LogP contribution in [0.3, 0.4) is 0 Å². The molecular weight excluding hydrogens is 258 g/mol. The predicted molar refractivity (Wildman–Crippen MR) is 80.9 cm³/mol. The van der Waals surface area contributed by atoms with Gasteiger partial charge in [0.1, 0.15) is 0 Å². The van der Waals surface area contributed by atoms with E-state index in [4.69, 9.17) is 11.6 Å². The molecule has 4 heteroatoms. The third-order valence-corrected chi connectivity index (χ3v) is 3.05. The van der Waals surface area contributed by atoms with Crippen molar-refractivity contribution in [1.29, 1.82) is 0 Å². The van der Waals surface area contributed by atoms with Gasteiger partial charge in [-0.05, 0) is 42.0 Å². The molecule has 3 nitrogen and oxygen atoms in total. The van der Waals surface area contributed by atoms with Gasteiger partial charge in [0, 0.05) is 25.7 Å². The van der Waals surface area contributed by atoms with Crippen LogP contribution in [0.4, 0.5) is 17.1 Å². The van der Waals surface area contributed by atoms with Crippen LogP contribution in [-0.4, -0.2) is 14.1 Å². The van der Waals surface area contributed by atoms with E-state index in [9.17, 15) is 0 Å². The van der Waals surface area contributed by atoms with E-state index >= 15 is 0 Å². The molecule has 0 heterocycles. The first-order valence-electron chi connectivity index (χ1n) is 6.03. The van der Waals surface area contributed by atoms with Gasteiger partial charge in [-0.1, -0.05) is 12.1 Å². The van der Waals surface area contributed by atoms with Crippen LogP contribution in [0.1, 0.15) is 5.56 Å². The highest BCUT2D eigenvalue weighted by molar-refractivity contribution is 6.17. The lowest BCUT2D eigenvalue weighted by Gasteiger charge is -2.11. The molecule has 0 unspecified atom stereocenters. The average molecular weight is 274 g/mol. The highest BCUT2D eigenvalue weighted by Crippen LogP contribution is 2.21. The van der Waals surface area contributed by atoms with E-state index in [-0.39, 0.29) is 0 Å². The van der Waals surface area contributed by atoms with Crippen LogP contribution in [-0.2, 0) is 5.88 Å². The number of benzene rings is 2. The summed E-state index contributed by atoms with van der Waals surface area (Å²) in [5.41, 5.74) is 3.89. The standard InChI is InChI=1S/C15H16ClN3/c1-19(2)15-9-7-14(8-10-15)18-17-13-5-3-12(11-16)4-6-13/h3-10H,11H2,1-2H3. The summed E-state index contributed by atoms with van der Waals surface area (Å²) in [6.45, 7) is 0. The summed E-state index contributed by atoms with van der Waals surface area (Å²) in [6, 6.07) is 15.7. The second-order valence-electron chi connectivity index (χ2n) is 4.41. The van der Waals surface area contributed by atoms with Crippen LogP contribution in [0, 0.1) is 0 Å². The molecule has 19 heavy (non-hydrogen) atoms. The van der Waals surface area contributed by atoms with Crippen molar-refractivity contribution in [3.05, 3.63) is 54.1 Å². The largest absolute Gasteiger partial charge is 0.378 e. The van der Waals surface area contributed by atoms with Crippen LogP contribution in [0.2, 0.25) is 0 Å². The Balaban J connectivity index is 2.08. The van der Waals surface area contributed by atoms with E-state index in [1.807, 2.05) is 67.5 Å². The van der Waals surface area contributed by atoms with E-state index in [2.05, 4.69) is 10.2 Å². The number of alkyl halides is 1. The van der Waals surface area contributed by atoms with Crippen molar-refractivity contribution in [2.75, 3.05) is 19.0 Å². The van der Waals surface area contributed by atoms with E-state index in [1.165, 1.54) is 0 Å². The van der Waals surface area contributed by atoms with Gasteiger partial charge in [0.15, 0.2) is 0 Å². The van der Waals surface area contributed by atoms with Crippen LogP contribution >= 0.6 is 11.6 Å². The van der Waals surface area contributed by atoms with Crippen LogP contribution in [0.5, 0.6) is 0 Å². The quantitative estimate of drug-likeness (QED) is 0.575. The van der Waals surface area contributed by atoms with Crippen molar-refractivity contribution in [3.63, 3.8) is 0 Å². The Morgan fingerprint density at radius 2 is 1.32 bits per heavy atom. The molecule has 0 amide bonds. The van der Waals surface area contributed by atoms with E-state index in [0.717, 1.165) is 22.6 Å². The number of anilines is 1. The van der Waals surface area contributed by atoms with Crippen LogP contribution in [0.25, 0.3) is 0 Å². The molecule has 0 spiro atoms. The summed E-state index contributed by atoms with van der Waals surface area (Å²) in [6.07, 6.45) is 0. The Morgan fingerprint density at radius 3 is 1.74 bits per heavy atom. The number of azo groups is 1. The molecule has 0 aromatic heterocycles. The van der Waals surface area contributed by atoms with Crippen molar-refractivity contribution < 1.29 is 0 Å². The fourth-order valence-electron chi connectivity index (χ4n) is 1.58. The van der Waals surface area contributed by atoms with Gasteiger partial charge in [-0.15, -0.1) is 11.6 Å². The molecule has 0 N–H and O–H groups in total. The number of nitrogens with zero attached hydrogens (tertiary/aromatic N) is 3. The third kappa shape index (κ3) is 3.80. The van der Waals surface area contributed by atoms with Gasteiger partial charge in [-0.25, -0.2) is 0 Å². The predicted octanol–water partition coefficient (Wildman–Crippen LogP) is 4.91. The van der Waals surface area contributed by atoms with Gasteiger partial charge in [0.05, 0.1) is 11.4 Å². The van der Waals surface area contributed by atoms with E-state index in [0.29, 0.717) is 5.88 Å². The average Bonchev–Trinajstić information content (AvgIpc) is 2.46. The van der Waals surface area contributed by atoms with Crippen molar-refractivity contribution in [2.45, 2.75) is 5.88 Å². The second kappa shape index (κ2) is 6.34. The third-order valence-electron chi connectivity index (χ3n) is 2.74. The maximum absolute atomic E-state index is 5.73. The highest BCUT2D eigenvalue weighted by Gasteiger charge is 1.95. The zero-order valence-corrected chi connectivity index (χ0v) is 11.8. The lowest BCUT2D eigenvalue weighted by molar-refractivity contribution is 1.13. The first-order chi connectivity index (χ1) is 9.19. The molecule has 0 saturated carbocycles. The van der Waals surface area contributed by atoms with Crippen molar-refractivity contribution >= 4 is 28.7 Å². The van der Waals surface area contributed by atoms with Gasteiger partial charge < -0.3 is 4.90 Å². The Morgan fingerprint density at radius 1 is 0.842 bits per heavy atom. The fourth-order valence-corrected chi connectivity index (χ4v) is 1.76. The highest BCUT2D eigenvalue weighted by atomic mass is 35.5. The minimum Gasteiger partial charge on any atom is -0.378 e. The zero-order chi connectivity index (χ0) is 13.7. The van der Waals surface area contributed by atoms with E-state index < -0.39 is 0 Å². The maximum atomic E-state index is 5.73. The van der Waals surface area contributed by atoms with Gasteiger partial charge in [0.2, 0.25) is 0 Å². The minimum atomic E-state index is 0.517. The molecule has 0 aliphatic heterocycles. The van der Waals surface area contributed by atoms with Crippen molar-refractivity contribution in [3.8, 4) is 0 Å². The molecule has 0 atom stereocenters. The minimum absolute atomic E-state index is 0.517. The molecule has 2 rings (SSSR count). The first kappa shape index (κ1) is 13.6. The van der Waals surface area contributed by atoms with Crippen molar-refractivity contribution in [2.24, 2.45) is 10.2 Å². The Labute approximate surface area is 118 Å². The molecule has 0 saturated heterocycles. The summed E-state index contributed by atoms with van der Waals surface area (Å²) in [7, 11) is 4.02. The number of halogens is 1. The van der Waals surface area contributed by atoms with Crippen molar-refractivity contribution in [1.82, 2.24) is 0 Å². The summed E-state index contributed by atoms with van der Waals surface area (Å²) >= 11 is 5.73. The van der Waals surface area contributed by atoms with E-state index in [1.54, 1.807) is 0 Å². The normalized spacial score (nSPS) is 10.9. The molecular formula is C15H16ClN3. The topological polar surface area (TPSA) is 28.0 Å². The maximum Gasteiger partial charge on any atom is 0.0858 e. The smallest absolute Gasteiger partial charge is 0.0858 e. The summed E-state index contributed by atoms with van der Waals surface area (Å²) in [4.78, 5) is 2.05. The lowest BCUT2D eigenvalue weighted by Crippen LogP contribution is -2.07. The summed E-state index contributed by atoms with van der Waals surface area (Å²) < 4.78 is 0. The Hall–Kier alpha value is -1.87. The van der Waals surface area contributed by atoms with Gasteiger partial charge in [-0.2, -0.15) is 10.2 Å². The molecule has 2 aromatic carbocycles. The molecule has 0 aliphatic carbocycles. The first-order valence-corrected chi connectivity index (χ1v) is 6.56. The Kier molecular flexibility index (Phi) is 4.53. The summed E-state index contributed by atoms with van der Waals surface area (Å²) in [5, 5.41) is 8.40. The lowest BCUT2D eigenvalue weighted by atomic mass is 10.2. The van der Waals surface area contributed by atoms with Gasteiger partial charge >= 0.3 is 0 Å². The van der Waals surface area contributed by atoms with Gasteiger partial charge in [0.25, 0.3) is 0 Å². The molecule has 2 aromatic rings. The second-order valence-corrected chi connectivity index (χ2v) is 4.68. The Bertz CT molecular complexity index is 545. The van der Waals surface area contributed by atoms with Crippen LogP contribution in [0.15, 0.2) is 58.8 Å². The monoisotopic (exact) mass is 273 g/mol. The fraction of sp³-hybridized carbons (Fsp3) is 0.200. The summed E-state index contributed by atoms with van der Waals surface area (Å²) in [5.74, 6) is 0.517. The number of hydrogen-bond donors (Lipinski definition) is 0. The number of rotatable bonds is 4. The molecule has 0 bridgehead atoms. The zero-order valence-electron chi connectivity index (χ0n) is 11.0. The number of hydrogen-bond acceptors (Lipinski definition) is 3. The molecule has 0 radical (unpaired) electrons.